The summed E-state index contributed by atoms with van der Waals surface area (Å²) in [6.07, 6.45) is 0.211. The summed E-state index contributed by atoms with van der Waals surface area (Å²) in [6.45, 7) is 1.14. The Morgan fingerprint density at radius 3 is 2.40 bits per heavy atom. The number of amides is 3. The van der Waals surface area contributed by atoms with Gasteiger partial charge in [0.15, 0.2) is 5.82 Å². The minimum Gasteiger partial charge on any atom is -0.359 e. The quantitative estimate of drug-likeness (QED) is 0.492. The van der Waals surface area contributed by atoms with Gasteiger partial charge in [-0.1, -0.05) is 18.2 Å². The summed E-state index contributed by atoms with van der Waals surface area (Å²) in [6, 6.07) is 11.0. The van der Waals surface area contributed by atoms with Crippen LogP contribution in [0, 0.1) is 5.82 Å². The van der Waals surface area contributed by atoms with Gasteiger partial charge in [-0.05, 0) is 24.3 Å². The molecule has 0 unspecified atom stereocenters. The van der Waals surface area contributed by atoms with Gasteiger partial charge in [-0.3, -0.25) is 19.2 Å². The zero-order valence-electron chi connectivity index (χ0n) is 19.1. The van der Waals surface area contributed by atoms with E-state index in [1.54, 1.807) is 29.2 Å². The smallest absolute Gasteiger partial charge is 0.272 e. The fourth-order valence-electron chi connectivity index (χ4n) is 3.95. The van der Waals surface area contributed by atoms with E-state index in [0.717, 1.165) is 0 Å². The summed E-state index contributed by atoms with van der Waals surface area (Å²) in [5.74, 6) is -1.14. The molecule has 2 heterocycles. The van der Waals surface area contributed by atoms with E-state index in [4.69, 9.17) is 0 Å². The monoisotopic (exact) mass is 480 g/mol. The van der Waals surface area contributed by atoms with Crippen LogP contribution in [0.15, 0.2) is 47.3 Å². The zero-order valence-corrected chi connectivity index (χ0v) is 19.1. The highest BCUT2D eigenvalue weighted by Gasteiger charge is 2.26. The third-order valence-electron chi connectivity index (χ3n) is 5.92. The van der Waals surface area contributed by atoms with Gasteiger partial charge in [0.05, 0.1) is 10.9 Å². The van der Waals surface area contributed by atoms with Crippen molar-refractivity contribution in [1.29, 1.82) is 0 Å². The van der Waals surface area contributed by atoms with E-state index in [1.165, 1.54) is 30.1 Å². The molecule has 1 aliphatic heterocycles. The van der Waals surface area contributed by atoms with Crippen LogP contribution in [0.1, 0.15) is 23.2 Å². The largest absolute Gasteiger partial charge is 0.359 e. The molecule has 1 aliphatic rings. The lowest BCUT2D eigenvalue weighted by Gasteiger charge is -2.35. The van der Waals surface area contributed by atoms with Crippen LogP contribution in [0.3, 0.4) is 0 Å². The number of nitrogens with one attached hydrogen (secondary N) is 3. The molecule has 11 heteroatoms. The first-order valence-corrected chi connectivity index (χ1v) is 11.2. The number of benzene rings is 2. The molecule has 0 aliphatic carbocycles. The molecule has 10 nitrogen and oxygen atoms in total. The molecule has 3 N–H and O–H groups in total. The molecule has 4 rings (SSSR count). The van der Waals surface area contributed by atoms with E-state index >= 15 is 0 Å². The number of carbonyl (C=O) groups excluding carboxylic acids is 3. The number of nitrogens with zero attached hydrogens (tertiary/aromatic N) is 3. The van der Waals surface area contributed by atoms with E-state index in [0.29, 0.717) is 35.4 Å². The number of hydrogen-bond donors (Lipinski definition) is 3. The molecular weight excluding hydrogens is 455 g/mol. The van der Waals surface area contributed by atoms with Crippen LogP contribution in [0.2, 0.25) is 0 Å². The first-order valence-electron chi connectivity index (χ1n) is 11.2. The molecule has 2 aromatic carbocycles. The maximum Gasteiger partial charge on any atom is 0.272 e. The second-order valence-electron chi connectivity index (χ2n) is 8.11. The van der Waals surface area contributed by atoms with Crippen LogP contribution in [0.5, 0.6) is 0 Å². The van der Waals surface area contributed by atoms with Gasteiger partial charge in [0.2, 0.25) is 11.8 Å². The fraction of sp³-hybridized carbons (Fsp3) is 0.292. The van der Waals surface area contributed by atoms with E-state index in [1.807, 2.05) is 0 Å². The van der Waals surface area contributed by atoms with Crippen LogP contribution >= 0.6 is 0 Å². The maximum atomic E-state index is 14.6. The molecule has 1 fully saturated rings. The molecule has 1 aromatic heterocycles. The number of halogens is 1. The number of H-pyrrole nitrogens is 1. The molecule has 0 saturated carbocycles. The lowest BCUT2D eigenvalue weighted by molar-refractivity contribution is -0.134. The number of fused-ring (bicyclic) bond motifs is 1. The Balaban J connectivity index is 1.45. The van der Waals surface area contributed by atoms with Crippen molar-refractivity contribution >= 4 is 40.0 Å². The SMILES string of the molecule is CNC(=O)CCC(=O)N1CCN(C(=O)c2cc(Nc3n[nH]c(=O)c4ccccc34)ccc2F)CC1. The van der Waals surface area contributed by atoms with Crippen LogP contribution in [0.4, 0.5) is 15.9 Å². The third kappa shape index (κ3) is 5.29. The Morgan fingerprint density at radius 2 is 1.69 bits per heavy atom. The predicted molar refractivity (Wildman–Crippen MR) is 128 cm³/mol. The van der Waals surface area contributed by atoms with Gasteiger partial charge in [0.1, 0.15) is 5.82 Å². The third-order valence-corrected chi connectivity index (χ3v) is 5.92. The Morgan fingerprint density at radius 1 is 1.00 bits per heavy atom. The molecule has 182 valence electrons. The molecule has 0 bridgehead atoms. The van der Waals surface area contributed by atoms with Crippen molar-refractivity contribution in [2.24, 2.45) is 0 Å². The summed E-state index contributed by atoms with van der Waals surface area (Å²) in [7, 11) is 1.51. The average Bonchev–Trinajstić information content (AvgIpc) is 2.89. The fourth-order valence-corrected chi connectivity index (χ4v) is 3.95. The van der Waals surface area contributed by atoms with Crippen molar-refractivity contribution in [2.45, 2.75) is 12.8 Å². The highest BCUT2D eigenvalue weighted by atomic mass is 19.1. The molecule has 3 aromatic rings. The minimum absolute atomic E-state index is 0.101. The van der Waals surface area contributed by atoms with E-state index in [-0.39, 0.29) is 48.9 Å². The lowest BCUT2D eigenvalue weighted by atomic mass is 10.1. The van der Waals surface area contributed by atoms with Crippen molar-refractivity contribution < 1.29 is 18.8 Å². The van der Waals surface area contributed by atoms with Crippen LogP contribution < -0.4 is 16.2 Å². The number of aromatic amines is 1. The highest BCUT2D eigenvalue weighted by Crippen LogP contribution is 2.24. The van der Waals surface area contributed by atoms with Crippen molar-refractivity contribution in [3.8, 4) is 0 Å². The van der Waals surface area contributed by atoms with Gasteiger partial charge in [-0.15, -0.1) is 0 Å². The first kappa shape index (κ1) is 23.9. The van der Waals surface area contributed by atoms with E-state index in [9.17, 15) is 23.6 Å². The number of piperazine rings is 1. The molecule has 1 saturated heterocycles. The summed E-state index contributed by atoms with van der Waals surface area (Å²) < 4.78 is 14.6. The zero-order chi connectivity index (χ0) is 24.9. The number of rotatable bonds is 6. The lowest BCUT2D eigenvalue weighted by Crippen LogP contribution is -2.50. The van der Waals surface area contributed by atoms with Gasteiger partial charge in [0.25, 0.3) is 11.5 Å². The van der Waals surface area contributed by atoms with Gasteiger partial charge >= 0.3 is 0 Å². The highest BCUT2D eigenvalue weighted by molar-refractivity contribution is 5.97. The molecule has 0 spiro atoms. The van der Waals surface area contributed by atoms with Gasteiger partial charge in [-0.2, -0.15) is 5.10 Å². The summed E-state index contributed by atoms with van der Waals surface area (Å²) in [5, 5.41) is 13.0. The Bertz CT molecular complexity index is 1330. The van der Waals surface area contributed by atoms with Crippen LogP contribution in [-0.2, 0) is 9.59 Å². The maximum absolute atomic E-state index is 14.6. The van der Waals surface area contributed by atoms with E-state index in [2.05, 4.69) is 20.8 Å². The normalized spacial score (nSPS) is 13.5. The number of aromatic nitrogens is 2. The molecule has 3 amide bonds. The second-order valence-corrected chi connectivity index (χ2v) is 8.11. The van der Waals surface area contributed by atoms with E-state index < -0.39 is 11.7 Å². The molecular formula is C24H25FN6O4. The van der Waals surface area contributed by atoms with Gasteiger partial charge in [0, 0.05) is 57.1 Å². The summed E-state index contributed by atoms with van der Waals surface area (Å²) in [5.41, 5.74) is -0.00188. The van der Waals surface area contributed by atoms with Gasteiger partial charge in [-0.25, -0.2) is 9.49 Å². The average molecular weight is 481 g/mol. The Labute approximate surface area is 200 Å². The Kier molecular flexibility index (Phi) is 7.04. The standard InChI is InChI=1S/C24H25FN6O4/c1-26-20(32)8-9-21(33)30-10-12-31(13-11-30)24(35)18-14-15(6-7-19(18)25)27-22-16-4-2-3-5-17(16)23(34)29-28-22/h2-7,14H,8-13H2,1H3,(H,26,32)(H,27,28)(H,29,34). The Hall–Kier alpha value is -4.28. The van der Waals surface area contributed by atoms with Crippen LogP contribution in [0.25, 0.3) is 10.8 Å². The minimum atomic E-state index is -0.663. The van der Waals surface area contributed by atoms with Crippen molar-refractivity contribution in [2.75, 3.05) is 38.5 Å². The topological polar surface area (TPSA) is 128 Å². The number of anilines is 2. The van der Waals surface area contributed by atoms with Crippen molar-refractivity contribution in [1.82, 2.24) is 25.3 Å². The van der Waals surface area contributed by atoms with Crippen molar-refractivity contribution in [3.63, 3.8) is 0 Å². The summed E-state index contributed by atoms with van der Waals surface area (Å²) in [4.78, 5) is 51.8. The van der Waals surface area contributed by atoms with Crippen molar-refractivity contribution in [3.05, 3.63) is 64.2 Å². The molecule has 0 radical (unpaired) electrons. The van der Waals surface area contributed by atoms with Gasteiger partial charge < -0.3 is 20.4 Å². The number of hydrogen-bond acceptors (Lipinski definition) is 6. The second kappa shape index (κ2) is 10.3. The summed E-state index contributed by atoms with van der Waals surface area (Å²) >= 11 is 0. The number of carbonyl (C=O) groups is 3. The molecule has 35 heavy (non-hydrogen) atoms. The molecule has 0 atom stereocenters. The van der Waals surface area contributed by atoms with Crippen LogP contribution in [-0.4, -0.2) is 70.9 Å². The predicted octanol–water partition coefficient (Wildman–Crippen LogP) is 1.62. The first-order chi connectivity index (χ1) is 16.9.